The maximum absolute atomic E-state index is 12.5. The van der Waals surface area contributed by atoms with E-state index in [9.17, 15) is 9.59 Å². The Balaban J connectivity index is 1.69. The van der Waals surface area contributed by atoms with Gasteiger partial charge in [-0.2, -0.15) is 0 Å². The van der Waals surface area contributed by atoms with Crippen molar-refractivity contribution >= 4 is 12.2 Å². The zero-order valence-corrected chi connectivity index (χ0v) is 14.1. The van der Waals surface area contributed by atoms with E-state index in [2.05, 4.69) is 0 Å². The highest BCUT2D eigenvalue weighted by Gasteiger charge is 2.48. The lowest BCUT2D eigenvalue weighted by Gasteiger charge is -2.35. The van der Waals surface area contributed by atoms with Crippen LogP contribution in [0.2, 0.25) is 0 Å². The zero-order valence-electron chi connectivity index (χ0n) is 14.1. The highest BCUT2D eigenvalue weighted by atomic mass is 16.6. The number of nitrogens with zero attached hydrogens (tertiary/aromatic N) is 2. The molecule has 1 aromatic carbocycles. The number of fused-ring (bicyclic) bond motifs is 2. The highest BCUT2D eigenvalue weighted by molar-refractivity contribution is 5.77. The minimum absolute atomic E-state index is 0.158. The quantitative estimate of drug-likeness (QED) is 0.779. The van der Waals surface area contributed by atoms with Gasteiger partial charge in [-0.15, -0.1) is 0 Å². The second-order valence-electron chi connectivity index (χ2n) is 6.96. The molecule has 6 nitrogen and oxygen atoms in total. The van der Waals surface area contributed by atoms with Crippen molar-refractivity contribution < 1.29 is 19.1 Å². The summed E-state index contributed by atoms with van der Waals surface area (Å²) in [7, 11) is 0. The molecule has 0 N–H and O–H groups in total. The van der Waals surface area contributed by atoms with Crippen molar-refractivity contribution in [2.24, 2.45) is 0 Å². The van der Waals surface area contributed by atoms with Gasteiger partial charge >= 0.3 is 12.2 Å². The maximum Gasteiger partial charge on any atom is 0.430 e. The van der Waals surface area contributed by atoms with Crippen molar-refractivity contribution in [3.8, 4) is 0 Å². The molecule has 1 aliphatic heterocycles. The monoisotopic (exact) mass is 330 g/mol. The summed E-state index contributed by atoms with van der Waals surface area (Å²) in [6.07, 6.45) is 3.46. The van der Waals surface area contributed by atoms with Crippen LogP contribution in [-0.2, 0) is 16.1 Å². The fourth-order valence-electron chi connectivity index (χ4n) is 2.88. The van der Waals surface area contributed by atoms with E-state index >= 15 is 0 Å². The van der Waals surface area contributed by atoms with Crippen LogP contribution in [0.15, 0.2) is 42.5 Å². The van der Waals surface area contributed by atoms with Gasteiger partial charge in [-0.3, -0.25) is 0 Å². The Morgan fingerprint density at radius 1 is 1.04 bits per heavy atom. The first-order chi connectivity index (χ1) is 11.3. The minimum atomic E-state index is -0.623. The normalized spacial score (nSPS) is 22.0. The number of carbonyl (C=O) groups is 2. The summed E-state index contributed by atoms with van der Waals surface area (Å²) in [5.41, 5.74) is 0.275. The Kier molecular flexibility index (Phi) is 4.22. The second-order valence-corrected chi connectivity index (χ2v) is 6.96. The topological polar surface area (TPSA) is 59.1 Å². The molecule has 0 spiro atoms. The number of amides is 2. The summed E-state index contributed by atoms with van der Waals surface area (Å²) in [6, 6.07) is 9.12. The first-order valence-electron chi connectivity index (χ1n) is 8.05. The lowest BCUT2D eigenvalue weighted by Crippen LogP contribution is -2.53. The Labute approximate surface area is 141 Å². The van der Waals surface area contributed by atoms with Crippen LogP contribution in [0.3, 0.4) is 0 Å². The number of hydrogen-bond acceptors (Lipinski definition) is 4. The Morgan fingerprint density at radius 2 is 1.62 bits per heavy atom. The number of rotatable bonds is 2. The van der Waals surface area contributed by atoms with Crippen LogP contribution in [0.25, 0.3) is 0 Å². The van der Waals surface area contributed by atoms with Crippen LogP contribution < -0.4 is 0 Å². The van der Waals surface area contributed by atoms with Crippen LogP contribution >= 0.6 is 0 Å². The molecule has 2 amide bonds. The maximum atomic E-state index is 12.5. The molecule has 2 bridgehead atoms. The number of carbonyl (C=O) groups excluding carboxylic acids is 2. The third kappa shape index (κ3) is 3.37. The smallest absolute Gasteiger partial charge is 0.430 e. The summed E-state index contributed by atoms with van der Waals surface area (Å²) in [5, 5.41) is 2.73. The molecular formula is C18H22N2O4. The molecule has 3 rings (SSSR count). The minimum Gasteiger partial charge on any atom is -0.443 e. The first-order valence-corrected chi connectivity index (χ1v) is 8.05. The van der Waals surface area contributed by atoms with E-state index in [1.54, 1.807) is 20.8 Å². The van der Waals surface area contributed by atoms with E-state index in [4.69, 9.17) is 9.47 Å². The Hall–Kier alpha value is -2.50. The lowest BCUT2D eigenvalue weighted by molar-refractivity contribution is -0.0430. The molecule has 2 atom stereocenters. The molecule has 2 unspecified atom stereocenters. The molecule has 0 radical (unpaired) electrons. The molecule has 1 saturated heterocycles. The van der Waals surface area contributed by atoms with E-state index in [0.717, 1.165) is 5.56 Å². The molecule has 0 saturated carbocycles. The second kappa shape index (κ2) is 6.19. The van der Waals surface area contributed by atoms with Crippen LogP contribution in [0.5, 0.6) is 0 Å². The van der Waals surface area contributed by atoms with Gasteiger partial charge < -0.3 is 9.47 Å². The fraction of sp³-hybridized carbons (Fsp3) is 0.444. The number of hydrazine groups is 1. The molecule has 1 aliphatic carbocycles. The SMILES string of the molecule is CC(C)(C)OC(=O)N1C2C=CC(C2)N1C(=O)OCc1ccccc1. The van der Waals surface area contributed by atoms with Gasteiger partial charge in [0.1, 0.15) is 12.2 Å². The van der Waals surface area contributed by atoms with Gasteiger partial charge in [-0.25, -0.2) is 19.6 Å². The highest BCUT2D eigenvalue weighted by Crippen LogP contribution is 2.34. The van der Waals surface area contributed by atoms with Crippen molar-refractivity contribution in [3.63, 3.8) is 0 Å². The van der Waals surface area contributed by atoms with Crippen molar-refractivity contribution in [1.29, 1.82) is 0 Å². The van der Waals surface area contributed by atoms with Gasteiger partial charge in [0.05, 0.1) is 12.1 Å². The van der Waals surface area contributed by atoms with Crippen LogP contribution in [0.1, 0.15) is 32.8 Å². The van der Waals surface area contributed by atoms with Crippen LogP contribution in [-0.4, -0.2) is 39.9 Å². The average molecular weight is 330 g/mol. The predicted octanol–water partition coefficient (Wildman–Crippen LogP) is 3.49. The molecule has 128 valence electrons. The standard InChI is InChI=1S/C18H22N2O4/c1-18(2,3)24-17(22)20-15-10-9-14(11-15)19(20)16(21)23-12-13-7-5-4-6-8-13/h4-10,14-15H,11-12H2,1-3H3. The van der Waals surface area contributed by atoms with Gasteiger partial charge in [0, 0.05) is 0 Å². The van der Waals surface area contributed by atoms with Gasteiger partial charge in [-0.05, 0) is 32.8 Å². The van der Waals surface area contributed by atoms with Crippen LogP contribution in [0, 0.1) is 0 Å². The number of ether oxygens (including phenoxy) is 2. The summed E-state index contributed by atoms with van der Waals surface area (Å²) in [5.74, 6) is 0. The van der Waals surface area contributed by atoms with Gasteiger partial charge in [0.25, 0.3) is 0 Å². The van der Waals surface area contributed by atoms with Gasteiger partial charge in [-0.1, -0.05) is 42.5 Å². The number of hydrogen-bond donors (Lipinski definition) is 0. The van der Waals surface area contributed by atoms with Crippen molar-refractivity contribution in [2.75, 3.05) is 0 Å². The zero-order chi connectivity index (χ0) is 17.3. The van der Waals surface area contributed by atoms with Crippen LogP contribution in [0.4, 0.5) is 9.59 Å². The summed E-state index contributed by atoms with van der Waals surface area (Å²) < 4.78 is 10.8. The molecule has 1 aromatic rings. The molecule has 0 aromatic heterocycles. The average Bonchev–Trinajstić information content (AvgIpc) is 3.13. The van der Waals surface area contributed by atoms with Crippen molar-refractivity contribution in [2.45, 2.75) is 51.5 Å². The predicted molar refractivity (Wildman–Crippen MR) is 87.9 cm³/mol. The first kappa shape index (κ1) is 16.4. The summed E-state index contributed by atoms with van der Waals surface area (Å²) >= 11 is 0. The third-order valence-corrected chi connectivity index (χ3v) is 3.87. The van der Waals surface area contributed by atoms with Gasteiger partial charge in [0.2, 0.25) is 0 Å². The molecule has 6 heteroatoms. The summed E-state index contributed by atoms with van der Waals surface area (Å²) in [6.45, 7) is 5.56. The molecule has 2 aliphatic rings. The van der Waals surface area contributed by atoms with E-state index in [0.29, 0.717) is 6.42 Å². The van der Waals surface area contributed by atoms with Crippen molar-refractivity contribution in [1.82, 2.24) is 10.0 Å². The van der Waals surface area contributed by atoms with E-state index < -0.39 is 17.8 Å². The molecular weight excluding hydrogens is 308 g/mol. The van der Waals surface area contributed by atoms with Gasteiger partial charge in [0.15, 0.2) is 0 Å². The van der Waals surface area contributed by atoms with E-state index in [1.165, 1.54) is 10.0 Å². The molecule has 24 heavy (non-hydrogen) atoms. The third-order valence-electron chi connectivity index (χ3n) is 3.87. The Bertz CT molecular complexity index is 651. The molecule has 1 fully saturated rings. The Morgan fingerprint density at radius 3 is 2.21 bits per heavy atom. The largest absolute Gasteiger partial charge is 0.443 e. The molecule has 1 heterocycles. The summed E-state index contributed by atoms with van der Waals surface area (Å²) in [4.78, 5) is 25.0. The van der Waals surface area contributed by atoms with Crippen molar-refractivity contribution in [3.05, 3.63) is 48.0 Å². The van der Waals surface area contributed by atoms with E-state index in [-0.39, 0.29) is 18.7 Å². The number of benzene rings is 1. The lowest BCUT2D eigenvalue weighted by atomic mass is 10.2. The fourth-order valence-corrected chi connectivity index (χ4v) is 2.88. The van der Waals surface area contributed by atoms with E-state index in [1.807, 2.05) is 42.5 Å².